The molecule has 0 spiro atoms. The standard InChI is InChI=1S/C68H70N4OP.Pt/c1-64(2,3)45-31-32-69-60(38-45)72-56-29-22-30-58-61(56)62-57(72)40-51(41-59(62)74(58)68(13,14)15)73-50-26-21-25-49(39-50)70-42-71(55-28-20-19-27-54(55)70)63-52(43-23-17-16-18-24-43)36-48(67(10,11)12)37-53(63)44-33-46(65(4,5)6)35-47(34-44)66(7,8)9;/h16-38,41-42H,1-15H3;/q-3;. The van der Waals surface area contributed by atoms with E-state index in [0.29, 0.717) is 11.5 Å². The van der Waals surface area contributed by atoms with Crippen molar-refractivity contribution >= 4 is 62.3 Å². The van der Waals surface area contributed by atoms with Crippen LogP contribution in [0.3, 0.4) is 0 Å². The number of pyridine rings is 1. The van der Waals surface area contributed by atoms with Gasteiger partial charge >= 0.3 is 0 Å². The maximum atomic E-state index is 7.03. The van der Waals surface area contributed by atoms with Crippen molar-refractivity contribution in [3.8, 4) is 39.6 Å². The summed E-state index contributed by atoms with van der Waals surface area (Å²) < 4.78 is 9.33. The molecule has 11 rings (SSSR count). The third kappa shape index (κ3) is 9.42. The fraction of sp³-hybridized carbons (Fsp3) is 0.294. The Kier molecular flexibility index (Phi) is 13.0. The zero-order valence-corrected chi connectivity index (χ0v) is 49.6. The van der Waals surface area contributed by atoms with E-state index in [1.165, 1.54) is 65.5 Å². The molecule has 3 aromatic heterocycles. The van der Waals surface area contributed by atoms with Crippen molar-refractivity contribution in [3.05, 3.63) is 187 Å². The van der Waals surface area contributed by atoms with E-state index in [0.717, 1.165) is 39.6 Å². The van der Waals surface area contributed by atoms with E-state index in [1.807, 2.05) is 12.3 Å². The van der Waals surface area contributed by atoms with Crippen LogP contribution < -0.4 is 14.5 Å². The molecule has 1 unspecified atom stereocenters. The summed E-state index contributed by atoms with van der Waals surface area (Å²) in [6.45, 7) is 37.0. The van der Waals surface area contributed by atoms with Gasteiger partial charge in [-0.25, -0.2) is 4.98 Å². The first-order chi connectivity index (χ1) is 34.8. The normalized spacial score (nSPS) is 13.8. The molecule has 7 aromatic carbocycles. The number of anilines is 4. The van der Waals surface area contributed by atoms with Gasteiger partial charge in [0.25, 0.3) is 0 Å². The number of hydrogen-bond acceptors (Lipinski definition) is 4. The van der Waals surface area contributed by atoms with Crippen molar-refractivity contribution in [1.82, 2.24) is 9.55 Å². The van der Waals surface area contributed by atoms with Gasteiger partial charge in [-0.2, -0.15) is 6.07 Å². The minimum atomic E-state index is -0.707. The zero-order chi connectivity index (χ0) is 52.4. The molecular weight excluding hydrogens is 1110 g/mol. The topological polar surface area (TPSA) is 33.5 Å². The number of fused-ring (bicyclic) bond motifs is 1. The van der Waals surface area contributed by atoms with Crippen molar-refractivity contribution in [3.63, 3.8) is 0 Å². The number of hydrogen-bond donors (Lipinski definition) is 0. The van der Waals surface area contributed by atoms with Gasteiger partial charge in [0.1, 0.15) is 5.82 Å². The second-order valence-corrected chi connectivity index (χ2v) is 28.6. The quantitative estimate of drug-likeness (QED) is 0.149. The predicted octanol–water partition coefficient (Wildman–Crippen LogP) is 19.8. The largest absolute Gasteiger partial charge is 0.509 e. The maximum absolute atomic E-state index is 7.03. The van der Waals surface area contributed by atoms with Gasteiger partial charge < -0.3 is 19.1 Å². The number of benzene rings is 7. The molecule has 0 saturated carbocycles. The molecule has 0 aliphatic carbocycles. The van der Waals surface area contributed by atoms with Crippen LogP contribution in [0, 0.1) is 18.8 Å². The van der Waals surface area contributed by atoms with Gasteiger partial charge in [-0.3, -0.25) is 0 Å². The zero-order valence-electron chi connectivity index (χ0n) is 46.4. The van der Waals surface area contributed by atoms with Crippen molar-refractivity contribution in [2.24, 2.45) is 0 Å². The second kappa shape index (κ2) is 18.6. The van der Waals surface area contributed by atoms with E-state index >= 15 is 0 Å². The van der Waals surface area contributed by atoms with E-state index in [9.17, 15) is 0 Å². The van der Waals surface area contributed by atoms with Crippen LogP contribution in [0.5, 0.6) is 11.5 Å². The van der Waals surface area contributed by atoms with Crippen LogP contribution in [-0.4, -0.2) is 9.55 Å². The fourth-order valence-corrected chi connectivity index (χ4v) is 13.9. The van der Waals surface area contributed by atoms with Gasteiger partial charge in [0, 0.05) is 72.5 Å². The summed E-state index contributed by atoms with van der Waals surface area (Å²) in [5.74, 6) is 2.18. The number of nitrogens with zero attached hydrogens (tertiary/aromatic N) is 4. The summed E-state index contributed by atoms with van der Waals surface area (Å²) >= 11 is 0. The molecule has 0 radical (unpaired) electrons. The van der Waals surface area contributed by atoms with Gasteiger partial charge in [-0.05, 0) is 113 Å². The molecule has 5 nitrogen and oxygen atoms in total. The molecule has 1 atom stereocenters. The van der Waals surface area contributed by atoms with Gasteiger partial charge in [0.15, 0.2) is 0 Å². The SMILES string of the molecule is CC(C)(C)c1cc(-c2cc(C(C)(C)C)cc(-c3ccccc3)c2N2[CH-]N(c3[c-]c(Oc4[c-]c5c6c7c(cccc7p(C(C)(C)C)c6c4)n5-c4cc(C(C)(C)C)ccn4)ccc3)c3ccccc32)cc(C(C)(C)C)c1.[Pt]. The molecule has 0 fully saturated rings. The summed E-state index contributed by atoms with van der Waals surface area (Å²) in [6, 6.07) is 59.0. The molecule has 1 aliphatic rings. The minimum absolute atomic E-state index is 0. The summed E-state index contributed by atoms with van der Waals surface area (Å²) in [6.07, 6.45) is 1.94. The Labute approximate surface area is 461 Å². The number of aromatic nitrogens is 2. The van der Waals surface area contributed by atoms with Crippen LogP contribution in [0.2, 0.25) is 0 Å². The smallest absolute Gasteiger partial charge is 0.135 e. The molecule has 10 aromatic rings. The molecule has 0 N–H and O–H groups in total. The van der Waals surface area contributed by atoms with Crippen molar-refractivity contribution in [1.29, 1.82) is 0 Å². The average molecular weight is 1190 g/mol. The first kappa shape index (κ1) is 52.3. The minimum Gasteiger partial charge on any atom is -0.509 e. The molecule has 7 heteroatoms. The first-order valence-corrected chi connectivity index (χ1v) is 27.6. The number of para-hydroxylation sites is 2. The molecule has 4 heterocycles. The summed E-state index contributed by atoms with van der Waals surface area (Å²) in [5.41, 5.74) is 16.0. The Morgan fingerprint density at radius 1 is 0.493 bits per heavy atom. The summed E-state index contributed by atoms with van der Waals surface area (Å²) in [5, 5.41) is 5.33. The van der Waals surface area contributed by atoms with E-state index in [-0.39, 0.29) is 47.9 Å². The van der Waals surface area contributed by atoms with Crippen LogP contribution in [0.4, 0.5) is 22.7 Å². The van der Waals surface area contributed by atoms with E-state index < -0.39 is 7.53 Å². The van der Waals surface area contributed by atoms with Gasteiger partial charge in [-0.15, -0.1) is 55.3 Å². The number of ether oxygens (including phenoxy) is 1. The molecule has 0 saturated heterocycles. The first-order valence-electron chi connectivity index (χ1n) is 26.3. The van der Waals surface area contributed by atoms with E-state index in [2.05, 4.69) is 270 Å². The molecule has 1 aliphatic heterocycles. The second-order valence-electron chi connectivity index (χ2n) is 25.6. The third-order valence-electron chi connectivity index (χ3n) is 14.9. The van der Waals surface area contributed by atoms with Crippen LogP contribution in [0.25, 0.3) is 60.1 Å². The predicted molar refractivity (Wildman–Crippen MR) is 316 cm³/mol. The van der Waals surface area contributed by atoms with E-state index in [1.54, 1.807) is 0 Å². The molecule has 75 heavy (non-hydrogen) atoms. The maximum Gasteiger partial charge on any atom is 0.135 e. The molecule has 0 bridgehead atoms. The van der Waals surface area contributed by atoms with E-state index in [4.69, 9.17) is 9.72 Å². The Hall–Kier alpha value is -6.12. The van der Waals surface area contributed by atoms with Gasteiger partial charge in [0.2, 0.25) is 0 Å². The Morgan fingerprint density at radius 3 is 1.71 bits per heavy atom. The van der Waals surface area contributed by atoms with Gasteiger partial charge in [0.05, 0.1) is 0 Å². The Balaban J connectivity index is 0.00000641. The third-order valence-corrected chi connectivity index (χ3v) is 17.9. The van der Waals surface area contributed by atoms with Crippen molar-refractivity contribution < 1.29 is 25.8 Å². The molecular formula is C68H70N4OPPt-3. The Bertz CT molecular complexity index is 3740. The average Bonchev–Trinajstić information content (AvgIpc) is 4.02. The van der Waals surface area contributed by atoms with Crippen molar-refractivity contribution in [2.75, 3.05) is 9.80 Å². The fourth-order valence-electron chi connectivity index (χ4n) is 10.8. The van der Waals surface area contributed by atoms with Crippen LogP contribution >= 0.6 is 7.53 Å². The summed E-state index contributed by atoms with van der Waals surface area (Å²) in [4.78, 5) is 9.68. The van der Waals surface area contributed by atoms with Crippen LogP contribution in [0.15, 0.2) is 146 Å². The molecule has 386 valence electrons. The van der Waals surface area contributed by atoms with Crippen LogP contribution in [0.1, 0.15) is 126 Å². The van der Waals surface area contributed by atoms with Gasteiger partial charge in [-0.1, -0.05) is 188 Å². The molecule has 0 amide bonds. The summed E-state index contributed by atoms with van der Waals surface area (Å²) in [7, 11) is -0.707. The monoisotopic (exact) mass is 1180 g/mol. The van der Waals surface area contributed by atoms with Crippen LogP contribution in [-0.2, 0) is 47.9 Å². The van der Waals surface area contributed by atoms with Crippen molar-refractivity contribution in [2.45, 2.75) is 131 Å². The Morgan fingerprint density at radius 2 is 1.08 bits per heavy atom. The number of rotatable bonds is 7.